The molecule has 0 aliphatic heterocycles. The van der Waals surface area contributed by atoms with Crippen LogP contribution in [0.4, 0.5) is 0 Å². The molecule has 0 amide bonds. The molecule has 3 nitrogen and oxygen atoms in total. The normalized spacial score (nSPS) is 13.7. The van der Waals surface area contributed by atoms with Gasteiger partial charge in [-0.3, -0.25) is 11.3 Å². The standard InChI is InChI=1S/C6H16N2O/c1-3-4-9-5-6(2)8-7/h6,8H,3-5,7H2,1-2H3. The highest BCUT2D eigenvalue weighted by atomic mass is 16.5. The van der Waals surface area contributed by atoms with Crippen LogP contribution in [-0.2, 0) is 4.74 Å². The largest absolute Gasteiger partial charge is 0.380 e. The van der Waals surface area contributed by atoms with E-state index in [1.807, 2.05) is 6.92 Å². The maximum atomic E-state index is 5.19. The molecule has 0 heterocycles. The summed E-state index contributed by atoms with van der Waals surface area (Å²) >= 11 is 0. The number of hydrogen-bond donors (Lipinski definition) is 2. The van der Waals surface area contributed by atoms with Gasteiger partial charge in [-0.25, -0.2) is 0 Å². The van der Waals surface area contributed by atoms with Crippen LogP contribution in [0.5, 0.6) is 0 Å². The van der Waals surface area contributed by atoms with Gasteiger partial charge in [0, 0.05) is 12.6 Å². The first-order valence-corrected chi connectivity index (χ1v) is 3.35. The highest BCUT2D eigenvalue weighted by molar-refractivity contribution is 4.51. The van der Waals surface area contributed by atoms with Gasteiger partial charge < -0.3 is 4.74 Å². The Morgan fingerprint density at radius 3 is 2.78 bits per heavy atom. The molecule has 0 radical (unpaired) electrons. The number of nitrogens with two attached hydrogens (primary N) is 1. The molecule has 0 bridgehead atoms. The lowest BCUT2D eigenvalue weighted by Crippen LogP contribution is -2.36. The second-order valence-electron chi connectivity index (χ2n) is 2.14. The molecule has 0 saturated carbocycles. The Bertz CT molecular complexity index is 59.0. The lowest BCUT2D eigenvalue weighted by molar-refractivity contribution is 0.116. The van der Waals surface area contributed by atoms with Gasteiger partial charge in [0.25, 0.3) is 0 Å². The summed E-state index contributed by atoms with van der Waals surface area (Å²) < 4.78 is 5.19. The van der Waals surface area contributed by atoms with E-state index in [-0.39, 0.29) is 6.04 Å². The van der Waals surface area contributed by atoms with Crippen molar-refractivity contribution in [1.82, 2.24) is 5.43 Å². The van der Waals surface area contributed by atoms with E-state index in [9.17, 15) is 0 Å². The molecule has 3 heteroatoms. The van der Waals surface area contributed by atoms with E-state index in [0.29, 0.717) is 6.61 Å². The van der Waals surface area contributed by atoms with E-state index < -0.39 is 0 Å². The summed E-state index contributed by atoms with van der Waals surface area (Å²) in [4.78, 5) is 0. The fraction of sp³-hybridized carbons (Fsp3) is 1.00. The molecule has 0 saturated heterocycles. The van der Waals surface area contributed by atoms with Crippen molar-refractivity contribution in [3.05, 3.63) is 0 Å². The van der Waals surface area contributed by atoms with Gasteiger partial charge in [-0.05, 0) is 13.3 Å². The molecule has 0 fully saturated rings. The lowest BCUT2D eigenvalue weighted by atomic mass is 10.4. The summed E-state index contributed by atoms with van der Waals surface area (Å²) in [7, 11) is 0. The van der Waals surface area contributed by atoms with Gasteiger partial charge in [0.2, 0.25) is 0 Å². The van der Waals surface area contributed by atoms with Gasteiger partial charge in [0.1, 0.15) is 0 Å². The monoisotopic (exact) mass is 132 g/mol. The maximum Gasteiger partial charge on any atom is 0.0630 e. The van der Waals surface area contributed by atoms with E-state index in [4.69, 9.17) is 10.6 Å². The van der Waals surface area contributed by atoms with Crippen LogP contribution in [0, 0.1) is 0 Å². The second kappa shape index (κ2) is 6.01. The van der Waals surface area contributed by atoms with E-state index in [1.165, 1.54) is 0 Å². The van der Waals surface area contributed by atoms with E-state index in [2.05, 4.69) is 12.3 Å². The molecule has 0 rings (SSSR count). The minimum absolute atomic E-state index is 0.261. The van der Waals surface area contributed by atoms with Crippen molar-refractivity contribution in [2.45, 2.75) is 26.3 Å². The molecule has 1 unspecified atom stereocenters. The molecule has 0 aromatic rings. The van der Waals surface area contributed by atoms with Crippen molar-refractivity contribution in [1.29, 1.82) is 0 Å². The highest BCUT2D eigenvalue weighted by Crippen LogP contribution is 1.83. The summed E-state index contributed by atoms with van der Waals surface area (Å²) in [6, 6.07) is 0.261. The van der Waals surface area contributed by atoms with Crippen LogP contribution in [0.1, 0.15) is 20.3 Å². The maximum absolute atomic E-state index is 5.19. The van der Waals surface area contributed by atoms with E-state index in [1.54, 1.807) is 0 Å². The number of ether oxygens (including phenoxy) is 1. The second-order valence-corrected chi connectivity index (χ2v) is 2.14. The van der Waals surface area contributed by atoms with Gasteiger partial charge >= 0.3 is 0 Å². The third kappa shape index (κ3) is 5.76. The minimum atomic E-state index is 0.261. The Hall–Kier alpha value is -0.120. The molecule has 9 heavy (non-hydrogen) atoms. The minimum Gasteiger partial charge on any atom is -0.380 e. The Labute approximate surface area is 56.5 Å². The van der Waals surface area contributed by atoms with Crippen molar-refractivity contribution in [2.75, 3.05) is 13.2 Å². The topological polar surface area (TPSA) is 47.3 Å². The molecule has 0 aromatic heterocycles. The van der Waals surface area contributed by atoms with Gasteiger partial charge in [-0.15, -0.1) is 0 Å². The molecular formula is C6H16N2O. The highest BCUT2D eigenvalue weighted by Gasteiger charge is 1.95. The Morgan fingerprint density at radius 1 is 1.67 bits per heavy atom. The first kappa shape index (κ1) is 8.88. The zero-order valence-electron chi connectivity index (χ0n) is 6.18. The van der Waals surface area contributed by atoms with Gasteiger partial charge in [0.05, 0.1) is 6.61 Å². The summed E-state index contributed by atoms with van der Waals surface area (Å²) in [6.07, 6.45) is 1.07. The van der Waals surface area contributed by atoms with Gasteiger partial charge in [-0.1, -0.05) is 6.92 Å². The Kier molecular flexibility index (Phi) is 5.93. The first-order chi connectivity index (χ1) is 4.31. The third-order valence-corrected chi connectivity index (χ3v) is 1.00. The summed E-state index contributed by atoms with van der Waals surface area (Å²) in [5.41, 5.74) is 2.60. The van der Waals surface area contributed by atoms with E-state index in [0.717, 1.165) is 13.0 Å². The smallest absolute Gasteiger partial charge is 0.0630 e. The van der Waals surface area contributed by atoms with Crippen molar-refractivity contribution in [3.63, 3.8) is 0 Å². The quantitative estimate of drug-likeness (QED) is 0.320. The van der Waals surface area contributed by atoms with Gasteiger partial charge in [0.15, 0.2) is 0 Å². The predicted octanol–water partition coefficient (Wildman–Crippen LogP) is 0.265. The Morgan fingerprint density at radius 2 is 2.33 bits per heavy atom. The fourth-order valence-corrected chi connectivity index (χ4v) is 0.453. The fourth-order valence-electron chi connectivity index (χ4n) is 0.453. The number of hydrogen-bond acceptors (Lipinski definition) is 3. The molecule has 0 aliphatic carbocycles. The van der Waals surface area contributed by atoms with Crippen molar-refractivity contribution in [3.8, 4) is 0 Å². The average molecular weight is 132 g/mol. The zero-order valence-corrected chi connectivity index (χ0v) is 6.18. The van der Waals surface area contributed by atoms with Crippen LogP contribution < -0.4 is 11.3 Å². The summed E-state index contributed by atoms with van der Waals surface area (Å²) in [5.74, 6) is 5.12. The molecule has 1 atom stereocenters. The molecule has 0 aromatic carbocycles. The predicted molar refractivity (Wildman–Crippen MR) is 37.9 cm³/mol. The third-order valence-electron chi connectivity index (χ3n) is 1.00. The zero-order chi connectivity index (χ0) is 7.11. The molecular weight excluding hydrogens is 116 g/mol. The van der Waals surface area contributed by atoms with Crippen molar-refractivity contribution >= 4 is 0 Å². The number of hydrazine groups is 1. The van der Waals surface area contributed by atoms with Gasteiger partial charge in [-0.2, -0.15) is 0 Å². The molecule has 56 valence electrons. The Balaban J connectivity index is 2.88. The summed E-state index contributed by atoms with van der Waals surface area (Å²) in [6.45, 7) is 5.59. The summed E-state index contributed by atoms with van der Waals surface area (Å²) in [5, 5.41) is 0. The van der Waals surface area contributed by atoms with Crippen LogP contribution in [0.2, 0.25) is 0 Å². The average Bonchev–Trinajstić information content (AvgIpc) is 1.89. The van der Waals surface area contributed by atoms with Crippen LogP contribution >= 0.6 is 0 Å². The molecule has 3 N–H and O–H groups in total. The van der Waals surface area contributed by atoms with Crippen molar-refractivity contribution < 1.29 is 4.74 Å². The molecule has 0 spiro atoms. The van der Waals surface area contributed by atoms with Crippen LogP contribution in [0.15, 0.2) is 0 Å². The SMILES string of the molecule is CCCOCC(C)NN. The first-order valence-electron chi connectivity index (χ1n) is 3.35. The van der Waals surface area contributed by atoms with Crippen LogP contribution in [-0.4, -0.2) is 19.3 Å². The van der Waals surface area contributed by atoms with Crippen LogP contribution in [0.3, 0.4) is 0 Å². The van der Waals surface area contributed by atoms with Crippen molar-refractivity contribution in [2.24, 2.45) is 5.84 Å². The van der Waals surface area contributed by atoms with E-state index >= 15 is 0 Å². The lowest BCUT2D eigenvalue weighted by Gasteiger charge is -2.08. The molecule has 0 aliphatic rings. The number of rotatable bonds is 5. The van der Waals surface area contributed by atoms with Crippen LogP contribution in [0.25, 0.3) is 0 Å². The number of nitrogens with one attached hydrogen (secondary N) is 1.